The van der Waals surface area contributed by atoms with Gasteiger partial charge >= 0.3 is 5.97 Å². The average molecular weight is 307 g/mol. The molecule has 5 heteroatoms. The monoisotopic (exact) mass is 306 g/mol. The van der Waals surface area contributed by atoms with Crippen LogP contribution in [0, 0.1) is 0 Å². The largest absolute Gasteiger partial charge is 0.460 e. The first-order valence-corrected chi connectivity index (χ1v) is 6.26. The molecule has 0 atom stereocenters. The van der Waals surface area contributed by atoms with Gasteiger partial charge in [-0.3, -0.25) is 0 Å². The second-order valence-electron chi connectivity index (χ2n) is 3.50. The highest BCUT2D eigenvalue weighted by molar-refractivity contribution is 9.10. The summed E-state index contributed by atoms with van der Waals surface area (Å²) in [6.45, 7) is 2.05. The third-order valence-corrected chi connectivity index (χ3v) is 2.73. The maximum Gasteiger partial charge on any atom is 0.376 e. The number of aromatic nitrogens is 2. The second-order valence-corrected chi connectivity index (χ2v) is 4.41. The molecule has 18 heavy (non-hydrogen) atoms. The van der Waals surface area contributed by atoms with Gasteiger partial charge in [-0.05, 0) is 25.1 Å². The molecule has 2 aromatic rings. The van der Waals surface area contributed by atoms with Gasteiger partial charge < -0.3 is 4.74 Å². The summed E-state index contributed by atoms with van der Waals surface area (Å²) >= 11 is 3.40. The Labute approximate surface area is 113 Å². The van der Waals surface area contributed by atoms with E-state index in [1.165, 1.54) is 0 Å². The zero-order valence-corrected chi connectivity index (χ0v) is 11.3. The topological polar surface area (TPSA) is 52.1 Å². The molecular weight excluding hydrogens is 296 g/mol. The maximum absolute atomic E-state index is 11.5. The number of hydrogen-bond acceptors (Lipinski definition) is 4. The van der Waals surface area contributed by atoms with Crippen LogP contribution >= 0.6 is 15.9 Å². The van der Waals surface area contributed by atoms with Crippen molar-refractivity contribution in [2.45, 2.75) is 6.92 Å². The van der Waals surface area contributed by atoms with Crippen molar-refractivity contribution in [1.29, 1.82) is 0 Å². The molecule has 0 aliphatic rings. The lowest BCUT2D eigenvalue weighted by molar-refractivity contribution is 0.0512. The first-order valence-electron chi connectivity index (χ1n) is 5.47. The van der Waals surface area contributed by atoms with E-state index in [0.717, 1.165) is 10.0 Å². The molecule has 0 saturated carbocycles. The number of ether oxygens (including phenoxy) is 1. The smallest absolute Gasteiger partial charge is 0.376 e. The summed E-state index contributed by atoms with van der Waals surface area (Å²) in [6.07, 6.45) is 1.55. The summed E-state index contributed by atoms with van der Waals surface area (Å²) in [5.74, 6) is -0.427. The van der Waals surface area contributed by atoms with Gasteiger partial charge in [0.15, 0.2) is 0 Å². The van der Waals surface area contributed by atoms with Crippen LogP contribution in [0.3, 0.4) is 0 Å². The van der Waals surface area contributed by atoms with Crippen molar-refractivity contribution in [2.75, 3.05) is 6.61 Å². The normalized spacial score (nSPS) is 10.1. The fraction of sp³-hybridized carbons (Fsp3) is 0.154. The maximum atomic E-state index is 11.5. The molecule has 4 nitrogen and oxygen atoms in total. The van der Waals surface area contributed by atoms with E-state index in [9.17, 15) is 4.79 Å². The summed E-state index contributed by atoms with van der Waals surface area (Å²) in [4.78, 5) is 19.6. The van der Waals surface area contributed by atoms with Gasteiger partial charge in [0.2, 0.25) is 5.82 Å². The van der Waals surface area contributed by atoms with E-state index in [-0.39, 0.29) is 5.82 Å². The van der Waals surface area contributed by atoms with Crippen molar-refractivity contribution in [3.63, 3.8) is 0 Å². The van der Waals surface area contributed by atoms with Crippen LogP contribution in [-0.2, 0) is 4.74 Å². The van der Waals surface area contributed by atoms with E-state index in [0.29, 0.717) is 12.3 Å². The minimum Gasteiger partial charge on any atom is -0.460 e. The molecule has 0 radical (unpaired) electrons. The Morgan fingerprint density at radius 2 is 2.22 bits per heavy atom. The molecule has 2 rings (SSSR count). The predicted molar refractivity (Wildman–Crippen MR) is 71.1 cm³/mol. The molecule has 0 fully saturated rings. The van der Waals surface area contributed by atoms with Crippen LogP contribution in [0.25, 0.3) is 11.3 Å². The van der Waals surface area contributed by atoms with Gasteiger partial charge in [-0.2, -0.15) is 0 Å². The first kappa shape index (κ1) is 12.7. The quantitative estimate of drug-likeness (QED) is 0.818. The van der Waals surface area contributed by atoms with Gasteiger partial charge in [-0.15, -0.1) is 0 Å². The van der Waals surface area contributed by atoms with Crippen molar-refractivity contribution in [3.05, 3.63) is 46.8 Å². The molecule has 0 spiro atoms. The fourth-order valence-electron chi connectivity index (χ4n) is 1.46. The SMILES string of the molecule is CCOC(=O)c1nccc(-c2cccc(Br)c2)n1. The lowest BCUT2D eigenvalue weighted by Gasteiger charge is -2.04. The number of benzene rings is 1. The number of hydrogen-bond donors (Lipinski definition) is 0. The molecule has 0 unspecified atom stereocenters. The zero-order valence-electron chi connectivity index (χ0n) is 9.76. The molecule has 0 amide bonds. The van der Waals surface area contributed by atoms with Gasteiger partial charge in [0, 0.05) is 16.2 Å². The number of rotatable bonds is 3. The number of carbonyl (C=O) groups is 1. The molecular formula is C13H11BrN2O2. The Morgan fingerprint density at radius 3 is 2.94 bits per heavy atom. The Bertz CT molecular complexity index is 572. The molecule has 1 aromatic heterocycles. The lowest BCUT2D eigenvalue weighted by Crippen LogP contribution is -2.09. The third kappa shape index (κ3) is 2.92. The van der Waals surface area contributed by atoms with Crippen molar-refractivity contribution >= 4 is 21.9 Å². The highest BCUT2D eigenvalue weighted by atomic mass is 79.9. The van der Waals surface area contributed by atoms with Gasteiger partial charge in [0.1, 0.15) is 0 Å². The third-order valence-electron chi connectivity index (χ3n) is 2.23. The van der Waals surface area contributed by atoms with E-state index in [1.807, 2.05) is 24.3 Å². The molecule has 92 valence electrons. The predicted octanol–water partition coefficient (Wildman–Crippen LogP) is 3.08. The van der Waals surface area contributed by atoms with Crippen LogP contribution in [0.4, 0.5) is 0 Å². The Kier molecular flexibility index (Phi) is 4.04. The van der Waals surface area contributed by atoms with Gasteiger partial charge in [-0.25, -0.2) is 14.8 Å². The minimum absolute atomic E-state index is 0.0781. The summed E-state index contributed by atoms with van der Waals surface area (Å²) < 4.78 is 5.82. The van der Waals surface area contributed by atoms with Crippen molar-refractivity contribution < 1.29 is 9.53 Å². The molecule has 0 N–H and O–H groups in total. The highest BCUT2D eigenvalue weighted by Gasteiger charge is 2.11. The lowest BCUT2D eigenvalue weighted by atomic mass is 10.1. The van der Waals surface area contributed by atoms with Crippen LogP contribution < -0.4 is 0 Å². The summed E-state index contributed by atoms with van der Waals surface area (Å²) in [6, 6.07) is 9.44. The Morgan fingerprint density at radius 1 is 1.39 bits per heavy atom. The molecule has 0 saturated heterocycles. The summed E-state index contributed by atoms with van der Waals surface area (Å²) in [7, 11) is 0. The number of carbonyl (C=O) groups excluding carboxylic acids is 1. The van der Waals surface area contributed by atoms with Crippen LogP contribution in [0.5, 0.6) is 0 Å². The van der Waals surface area contributed by atoms with E-state index >= 15 is 0 Å². The molecule has 0 bridgehead atoms. The summed E-state index contributed by atoms with van der Waals surface area (Å²) in [5, 5.41) is 0. The summed E-state index contributed by atoms with van der Waals surface area (Å²) in [5.41, 5.74) is 1.60. The minimum atomic E-state index is -0.505. The molecule has 1 aromatic carbocycles. The molecule has 0 aliphatic carbocycles. The van der Waals surface area contributed by atoms with Crippen LogP contribution in [0.15, 0.2) is 41.0 Å². The van der Waals surface area contributed by atoms with E-state index in [1.54, 1.807) is 19.2 Å². The van der Waals surface area contributed by atoms with Crippen molar-refractivity contribution in [1.82, 2.24) is 9.97 Å². The number of esters is 1. The number of halogens is 1. The Balaban J connectivity index is 2.35. The van der Waals surface area contributed by atoms with E-state index in [4.69, 9.17) is 4.74 Å². The van der Waals surface area contributed by atoms with E-state index in [2.05, 4.69) is 25.9 Å². The Hall–Kier alpha value is -1.75. The highest BCUT2D eigenvalue weighted by Crippen LogP contribution is 2.20. The zero-order chi connectivity index (χ0) is 13.0. The molecule has 1 heterocycles. The average Bonchev–Trinajstić information content (AvgIpc) is 2.39. The number of nitrogens with zero attached hydrogens (tertiary/aromatic N) is 2. The van der Waals surface area contributed by atoms with Crippen molar-refractivity contribution in [3.8, 4) is 11.3 Å². The van der Waals surface area contributed by atoms with Gasteiger partial charge in [-0.1, -0.05) is 28.1 Å². The standard InChI is InChI=1S/C13H11BrN2O2/c1-2-18-13(17)12-15-7-6-11(16-12)9-4-3-5-10(14)8-9/h3-8H,2H2,1H3. The van der Waals surface area contributed by atoms with Crippen LogP contribution in [0.1, 0.15) is 17.5 Å². The van der Waals surface area contributed by atoms with Gasteiger partial charge in [0.05, 0.1) is 12.3 Å². The van der Waals surface area contributed by atoms with Crippen LogP contribution in [0.2, 0.25) is 0 Å². The van der Waals surface area contributed by atoms with Crippen LogP contribution in [-0.4, -0.2) is 22.5 Å². The van der Waals surface area contributed by atoms with Gasteiger partial charge in [0.25, 0.3) is 0 Å². The fourth-order valence-corrected chi connectivity index (χ4v) is 1.86. The molecule has 0 aliphatic heterocycles. The van der Waals surface area contributed by atoms with Crippen molar-refractivity contribution in [2.24, 2.45) is 0 Å². The van der Waals surface area contributed by atoms with E-state index < -0.39 is 5.97 Å². The first-order chi connectivity index (χ1) is 8.70. The second kappa shape index (κ2) is 5.73.